The van der Waals surface area contributed by atoms with Gasteiger partial charge in [-0.05, 0) is 12.1 Å². The molecule has 0 fully saturated rings. The third kappa shape index (κ3) is 1.77. The molecule has 8 nitrogen and oxygen atoms in total. The lowest BCUT2D eigenvalue weighted by molar-refractivity contribution is -0.105. The van der Waals surface area contributed by atoms with Gasteiger partial charge in [0.15, 0.2) is 47.8 Å². The molecular formula is C14H10O8. The van der Waals surface area contributed by atoms with E-state index in [9.17, 15) is 30.0 Å². The van der Waals surface area contributed by atoms with Crippen molar-refractivity contribution in [3.05, 3.63) is 34.8 Å². The van der Waals surface area contributed by atoms with Gasteiger partial charge in [0.05, 0.1) is 11.1 Å². The van der Waals surface area contributed by atoms with Gasteiger partial charge in [-0.15, -0.1) is 0 Å². The van der Waals surface area contributed by atoms with Crippen molar-refractivity contribution >= 4 is 12.6 Å². The Bertz CT molecular complexity index is 746. The van der Waals surface area contributed by atoms with Crippen molar-refractivity contribution < 1.29 is 39.5 Å². The van der Waals surface area contributed by atoms with E-state index < -0.39 is 35.2 Å². The van der Waals surface area contributed by atoms with Crippen LogP contribution in [0.25, 0.3) is 0 Å². The number of aliphatic hydroxyl groups excluding tert-OH is 2. The van der Waals surface area contributed by atoms with Gasteiger partial charge in [0, 0.05) is 0 Å². The highest BCUT2D eigenvalue weighted by atomic mass is 16.6. The van der Waals surface area contributed by atoms with Gasteiger partial charge in [-0.3, -0.25) is 9.59 Å². The first-order valence-corrected chi connectivity index (χ1v) is 6.14. The highest BCUT2D eigenvalue weighted by molar-refractivity contribution is 5.84. The zero-order valence-corrected chi connectivity index (χ0v) is 10.9. The van der Waals surface area contributed by atoms with Crippen molar-refractivity contribution in [2.45, 2.75) is 12.2 Å². The zero-order valence-electron chi connectivity index (χ0n) is 10.9. The number of aliphatic hydroxyl groups is 2. The van der Waals surface area contributed by atoms with Crippen LogP contribution in [0.1, 0.15) is 10.4 Å². The molecule has 1 aliphatic carbocycles. The molecule has 4 N–H and O–H groups in total. The van der Waals surface area contributed by atoms with Gasteiger partial charge < -0.3 is 29.9 Å². The number of benzene rings is 1. The predicted octanol–water partition coefficient (Wildman–Crippen LogP) is 0.885. The van der Waals surface area contributed by atoms with Crippen LogP contribution >= 0.6 is 0 Å². The fourth-order valence-electron chi connectivity index (χ4n) is 2.30. The van der Waals surface area contributed by atoms with Crippen molar-refractivity contribution in [2.75, 3.05) is 0 Å². The van der Waals surface area contributed by atoms with Crippen LogP contribution in [0.3, 0.4) is 0 Å². The maximum atomic E-state index is 10.8. The van der Waals surface area contributed by atoms with E-state index in [0.717, 1.165) is 6.07 Å². The summed E-state index contributed by atoms with van der Waals surface area (Å²) in [5.41, 5.74) is -0.388. The van der Waals surface area contributed by atoms with Crippen molar-refractivity contribution in [1.29, 1.82) is 0 Å². The maximum absolute atomic E-state index is 10.8. The Morgan fingerprint density at radius 2 is 1.73 bits per heavy atom. The number of hydrogen-bond donors (Lipinski definition) is 4. The summed E-state index contributed by atoms with van der Waals surface area (Å²) in [6.45, 7) is 0. The summed E-state index contributed by atoms with van der Waals surface area (Å²) in [6, 6.07) is 1.15. The van der Waals surface area contributed by atoms with E-state index in [1.54, 1.807) is 0 Å². The molecule has 22 heavy (non-hydrogen) atoms. The summed E-state index contributed by atoms with van der Waals surface area (Å²) >= 11 is 0. The molecule has 1 aromatic rings. The van der Waals surface area contributed by atoms with Gasteiger partial charge in [-0.25, -0.2) is 0 Å². The Morgan fingerprint density at radius 1 is 1.00 bits per heavy atom. The molecule has 0 bridgehead atoms. The van der Waals surface area contributed by atoms with Gasteiger partial charge in [-0.1, -0.05) is 0 Å². The average molecular weight is 306 g/mol. The minimum absolute atomic E-state index is 0.0469. The van der Waals surface area contributed by atoms with Crippen molar-refractivity contribution in [2.24, 2.45) is 0 Å². The fraction of sp³-hybridized carbons (Fsp3) is 0.143. The van der Waals surface area contributed by atoms with E-state index >= 15 is 0 Å². The smallest absolute Gasteiger partial charge is 0.208 e. The minimum Gasteiger partial charge on any atom is -0.505 e. The molecule has 0 saturated carbocycles. The molecule has 1 aromatic carbocycles. The summed E-state index contributed by atoms with van der Waals surface area (Å²) in [5.74, 6) is -3.05. The maximum Gasteiger partial charge on any atom is 0.208 e. The third-order valence-electron chi connectivity index (χ3n) is 3.41. The quantitative estimate of drug-likeness (QED) is 0.467. The zero-order chi connectivity index (χ0) is 16.0. The summed E-state index contributed by atoms with van der Waals surface area (Å²) in [5, 5.41) is 39.1. The molecular weight excluding hydrogens is 296 g/mol. The number of carbonyl (C=O) groups excluding carboxylic acids is 2. The summed E-state index contributed by atoms with van der Waals surface area (Å²) in [7, 11) is 0. The molecule has 3 rings (SSSR count). The lowest BCUT2D eigenvalue weighted by Crippen LogP contribution is -2.43. The van der Waals surface area contributed by atoms with E-state index in [1.807, 2.05) is 0 Å². The second-order valence-corrected chi connectivity index (χ2v) is 4.70. The first kappa shape index (κ1) is 13.8. The molecule has 0 amide bonds. The number of phenols is 2. The first-order valence-electron chi connectivity index (χ1n) is 6.14. The van der Waals surface area contributed by atoms with Crippen LogP contribution in [0.4, 0.5) is 0 Å². The van der Waals surface area contributed by atoms with Gasteiger partial charge in [0.2, 0.25) is 11.5 Å². The molecule has 114 valence electrons. The van der Waals surface area contributed by atoms with Crippen LogP contribution in [-0.2, 0) is 4.79 Å². The Balaban J connectivity index is 2.12. The highest BCUT2D eigenvalue weighted by Gasteiger charge is 2.41. The van der Waals surface area contributed by atoms with Crippen LogP contribution in [0.15, 0.2) is 29.2 Å². The standard InChI is InChI=1S/C14H10O8/c15-3-5-1-7-13(11(19)9(5)17)22-14-8(21-7)2-6(4-16)10(18)12(14)20/h1-4,7,13,17-20H. The molecule has 8 heteroatoms. The number of fused-ring (bicyclic) bond motifs is 2. The number of aldehydes is 2. The van der Waals surface area contributed by atoms with E-state index in [-0.39, 0.29) is 22.6 Å². The normalized spacial score (nSPS) is 22.6. The summed E-state index contributed by atoms with van der Waals surface area (Å²) in [4.78, 5) is 21.7. The third-order valence-corrected chi connectivity index (χ3v) is 3.41. The van der Waals surface area contributed by atoms with E-state index in [0.29, 0.717) is 12.6 Å². The monoisotopic (exact) mass is 306 g/mol. The van der Waals surface area contributed by atoms with Crippen LogP contribution in [0, 0.1) is 0 Å². The molecule has 0 saturated heterocycles. The molecule has 2 unspecified atom stereocenters. The number of ether oxygens (including phenoxy) is 2. The first-order chi connectivity index (χ1) is 10.5. The number of aromatic hydroxyl groups is 2. The topological polar surface area (TPSA) is 134 Å². The molecule has 0 radical (unpaired) electrons. The predicted molar refractivity (Wildman–Crippen MR) is 70.4 cm³/mol. The number of rotatable bonds is 2. The Morgan fingerprint density at radius 3 is 2.36 bits per heavy atom. The molecule has 0 aromatic heterocycles. The van der Waals surface area contributed by atoms with Crippen molar-refractivity contribution in [3.8, 4) is 23.0 Å². The average Bonchev–Trinajstić information content (AvgIpc) is 2.53. The van der Waals surface area contributed by atoms with Crippen molar-refractivity contribution in [1.82, 2.24) is 0 Å². The Labute approximate surface area is 123 Å². The summed E-state index contributed by atoms with van der Waals surface area (Å²) in [6.07, 6.45) is -0.261. The molecule has 0 spiro atoms. The molecule has 1 heterocycles. The van der Waals surface area contributed by atoms with Gasteiger partial charge in [-0.2, -0.15) is 0 Å². The molecule has 2 atom stereocenters. The van der Waals surface area contributed by atoms with Crippen LogP contribution in [-0.4, -0.2) is 45.2 Å². The Kier molecular flexibility index (Phi) is 2.94. The van der Waals surface area contributed by atoms with E-state index in [2.05, 4.69) is 0 Å². The number of allylic oxidation sites excluding steroid dienone is 1. The summed E-state index contributed by atoms with van der Waals surface area (Å²) < 4.78 is 10.8. The van der Waals surface area contributed by atoms with Crippen molar-refractivity contribution in [3.63, 3.8) is 0 Å². The second-order valence-electron chi connectivity index (χ2n) is 4.70. The van der Waals surface area contributed by atoms with Gasteiger partial charge >= 0.3 is 0 Å². The fourth-order valence-corrected chi connectivity index (χ4v) is 2.30. The van der Waals surface area contributed by atoms with Crippen LogP contribution in [0.5, 0.6) is 23.0 Å². The lowest BCUT2D eigenvalue weighted by atomic mass is 9.97. The van der Waals surface area contributed by atoms with Gasteiger partial charge in [0.1, 0.15) is 0 Å². The number of carbonyl (C=O) groups is 2. The minimum atomic E-state index is -1.21. The van der Waals surface area contributed by atoms with E-state index in [1.165, 1.54) is 6.08 Å². The largest absolute Gasteiger partial charge is 0.505 e. The molecule has 2 aliphatic rings. The Hall–Kier alpha value is -3.16. The van der Waals surface area contributed by atoms with Crippen LogP contribution < -0.4 is 9.47 Å². The molecule has 1 aliphatic heterocycles. The SMILES string of the molecule is O=CC1=CC2Oc3cc(C=O)c(O)c(O)c3OC2C(O)=C1O. The highest BCUT2D eigenvalue weighted by Crippen LogP contribution is 2.49. The lowest BCUT2D eigenvalue weighted by Gasteiger charge is -2.34. The van der Waals surface area contributed by atoms with Gasteiger partial charge in [0.25, 0.3) is 0 Å². The second kappa shape index (κ2) is 4.69. The number of hydrogen-bond acceptors (Lipinski definition) is 8. The number of phenolic OH excluding ortho intramolecular Hbond substituents is 2. The van der Waals surface area contributed by atoms with E-state index in [4.69, 9.17) is 9.47 Å². The van der Waals surface area contributed by atoms with Crippen LogP contribution in [0.2, 0.25) is 0 Å².